The summed E-state index contributed by atoms with van der Waals surface area (Å²) in [5.74, 6) is 0. The van der Waals surface area contributed by atoms with Gasteiger partial charge < -0.3 is 15.8 Å². The zero-order chi connectivity index (χ0) is 13.5. The summed E-state index contributed by atoms with van der Waals surface area (Å²) in [7, 11) is 0. The predicted molar refractivity (Wildman–Crippen MR) is 78.0 cm³/mol. The molecule has 0 aliphatic carbocycles. The van der Waals surface area contributed by atoms with E-state index in [9.17, 15) is 0 Å². The number of nitrogens with one attached hydrogen (secondary N) is 1. The highest BCUT2D eigenvalue weighted by molar-refractivity contribution is 5.44. The number of rotatable bonds is 6. The van der Waals surface area contributed by atoms with E-state index in [0.717, 1.165) is 37.2 Å². The molecular formula is C15H25N3O. The van der Waals surface area contributed by atoms with Crippen LogP contribution in [0.2, 0.25) is 0 Å². The summed E-state index contributed by atoms with van der Waals surface area (Å²) in [4.78, 5) is 4.17. The molecule has 2 unspecified atom stereocenters. The van der Waals surface area contributed by atoms with E-state index in [4.69, 9.17) is 10.5 Å². The first kappa shape index (κ1) is 14.3. The lowest BCUT2D eigenvalue weighted by Crippen LogP contribution is -2.36. The van der Waals surface area contributed by atoms with Gasteiger partial charge in [0.2, 0.25) is 0 Å². The first-order valence-electron chi connectivity index (χ1n) is 7.33. The third-order valence-corrected chi connectivity index (χ3v) is 3.72. The highest BCUT2D eigenvalue weighted by Gasteiger charge is 2.20. The molecule has 1 aliphatic heterocycles. The summed E-state index contributed by atoms with van der Waals surface area (Å²) < 4.78 is 5.84. The van der Waals surface area contributed by atoms with Gasteiger partial charge >= 0.3 is 0 Å². The van der Waals surface area contributed by atoms with Crippen LogP contribution in [0.1, 0.15) is 38.2 Å². The minimum atomic E-state index is 0.399. The number of pyridine rings is 1. The van der Waals surface area contributed by atoms with Crippen molar-refractivity contribution in [3.63, 3.8) is 0 Å². The molecular weight excluding hydrogens is 238 g/mol. The molecule has 1 aliphatic rings. The van der Waals surface area contributed by atoms with Gasteiger partial charge in [0.05, 0.1) is 6.10 Å². The van der Waals surface area contributed by atoms with E-state index in [1.165, 1.54) is 19.3 Å². The Balaban J connectivity index is 1.93. The number of ether oxygens (including phenoxy) is 1. The van der Waals surface area contributed by atoms with Gasteiger partial charge in [-0.05, 0) is 50.3 Å². The molecule has 2 rings (SSSR count). The molecule has 3 N–H and O–H groups in total. The van der Waals surface area contributed by atoms with Crippen molar-refractivity contribution >= 4 is 5.69 Å². The van der Waals surface area contributed by atoms with Crippen molar-refractivity contribution in [3.8, 4) is 0 Å². The third-order valence-electron chi connectivity index (χ3n) is 3.72. The Hall–Kier alpha value is -1.13. The number of aromatic nitrogens is 1. The quantitative estimate of drug-likeness (QED) is 0.825. The van der Waals surface area contributed by atoms with Gasteiger partial charge in [0.15, 0.2) is 0 Å². The number of nitrogens with zero attached hydrogens (tertiary/aromatic N) is 1. The van der Waals surface area contributed by atoms with Crippen LogP contribution >= 0.6 is 0 Å². The maximum absolute atomic E-state index is 6.00. The average Bonchev–Trinajstić information content (AvgIpc) is 2.43. The zero-order valence-electron chi connectivity index (χ0n) is 11.8. The Bertz CT molecular complexity index is 377. The normalized spacial score (nSPS) is 21.2. The monoisotopic (exact) mass is 263 g/mol. The van der Waals surface area contributed by atoms with Crippen LogP contribution in [-0.2, 0) is 11.2 Å². The predicted octanol–water partition coefficient (Wildman–Crippen LogP) is 2.14. The van der Waals surface area contributed by atoms with E-state index >= 15 is 0 Å². The SMILES string of the molecule is CCNC(Cc1cnccc1N)CC1CCCCO1. The molecule has 0 aromatic carbocycles. The minimum absolute atomic E-state index is 0.399. The van der Waals surface area contributed by atoms with Crippen molar-refractivity contribution in [2.75, 3.05) is 18.9 Å². The molecule has 19 heavy (non-hydrogen) atoms. The molecule has 1 aromatic rings. The van der Waals surface area contributed by atoms with Crippen molar-refractivity contribution in [3.05, 3.63) is 24.0 Å². The van der Waals surface area contributed by atoms with E-state index < -0.39 is 0 Å². The molecule has 2 atom stereocenters. The molecule has 0 bridgehead atoms. The van der Waals surface area contributed by atoms with E-state index in [1.807, 2.05) is 12.3 Å². The van der Waals surface area contributed by atoms with Crippen LogP contribution in [0, 0.1) is 0 Å². The van der Waals surface area contributed by atoms with Gasteiger partial charge in [-0.15, -0.1) is 0 Å². The Morgan fingerprint density at radius 3 is 3.11 bits per heavy atom. The largest absolute Gasteiger partial charge is 0.398 e. The zero-order valence-corrected chi connectivity index (χ0v) is 11.8. The molecule has 0 radical (unpaired) electrons. The standard InChI is InChI=1S/C15H25N3O/c1-2-18-13(10-14-5-3-4-8-19-14)9-12-11-17-7-6-15(12)16/h6-7,11,13-14,18H,2-5,8-10H2,1H3,(H2,16,17). The molecule has 0 amide bonds. The highest BCUT2D eigenvalue weighted by Crippen LogP contribution is 2.20. The van der Waals surface area contributed by atoms with Crippen LogP contribution in [0.5, 0.6) is 0 Å². The number of hydrogen-bond donors (Lipinski definition) is 2. The second-order valence-corrected chi connectivity index (χ2v) is 5.26. The molecule has 106 valence electrons. The van der Waals surface area contributed by atoms with Gasteiger partial charge in [0, 0.05) is 30.7 Å². The van der Waals surface area contributed by atoms with Crippen LogP contribution in [0.15, 0.2) is 18.5 Å². The molecule has 2 heterocycles. The van der Waals surface area contributed by atoms with Crippen LogP contribution in [-0.4, -0.2) is 30.3 Å². The summed E-state index contributed by atoms with van der Waals surface area (Å²) in [5, 5.41) is 3.54. The second kappa shape index (κ2) is 7.46. The second-order valence-electron chi connectivity index (χ2n) is 5.26. The van der Waals surface area contributed by atoms with E-state index in [-0.39, 0.29) is 0 Å². The lowest BCUT2D eigenvalue weighted by molar-refractivity contribution is 0.00535. The van der Waals surface area contributed by atoms with Crippen molar-refractivity contribution in [2.24, 2.45) is 0 Å². The fraction of sp³-hybridized carbons (Fsp3) is 0.667. The summed E-state index contributed by atoms with van der Waals surface area (Å²) in [6.07, 6.45) is 9.68. The molecule has 4 nitrogen and oxygen atoms in total. The average molecular weight is 263 g/mol. The smallest absolute Gasteiger partial charge is 0.0590 e. The Morgan fingerprint density at radius 1 is 1.53 bits per heavy atom. The van der Waals surface area contributed by atoms with Crippen molar-refractivity contribution in [1.29, 1.82) is 0 Å². The van der Waals surface area contributed by atoms with Crippen LogP contribution in [0.4, 0.5) is 5.69 Å². The summed E-state index contributed by atoms with van der Waals surface area (Å²) >= 11 is 0. The van der Waals surface area contributed by atoms with Crippen molar-refractivity contribution < 1.29 is 4.74 Å². The molecule has 1 aromatic heterocycles. The lowest BCUT2D eigenvalue weighted by atomic mass is 9.97. The van der Waals surface area contributed by atoms with Crippen molar-refractivity contribution in [1.82, 2.24) is 10.3 Å². The van der Waals surface area contributed by atoms with Gasteiger partial charge in [-0.25, -0.2) is 0 Å². The Labute approximate surface area is 115 Å². The lowest BCUT2D eigenvalue weighted by Gasteiger charge is -2.27. The number of nitrogen functional groups attached to an aromatic ring is 1. The van der Waals surface area contributed by atoms with Gasteiger partial charge in [-0.3, -0.25) is 4.98 Å². The maximum atomic E-state index is 6.00. The van der Waals surface area contributed by atoms with E-state index in [0.29, 0.717) is 12.1 Å². The molecule has 1 saturated heterocycles. The van der Waals surface area contributed by atoms with E-state index in [1.54, 1.807) is 6.20 Å². The van der Waals surface area contributed by atoms with Crippen molar-refractivity contribution in [2.45, 2.75) is 51.2 Å². The first-order chi connectivity index (χ1) is 9.29. The third kappa shape index (κ3) is 4.48. The fourth-order valence-electron chi connectivity index (χ4n) is 2.71. The van der Waals surface area contributed by atoms with Crippen LogP contribution in [0.25, 0.3) is 0 Å². The molecule has 4 heteroatoms. The fourth-order valence-corrected chi connectivity index (χ4v) is 2.71. The summed E-state index contributed by atoms with van der Waals surface area (Å²) in [6, 6.07) is 2.29. The van der Waals surface area contributed by atoms with Gasteiger partial charge in [-0.1, -0.05) is 6.92 Å². The Kier molecular flexibility index (Phi) is 5.61. The van der Waals surface area contributed by atoms with E-state index in [2.05, 4.69) is 17.2 Å². The Morgan fingerprint density at radius 2 is 2.42 bits per heavy atom. The number of nitrogens with two attached hydrogens (primary N) is 1. The van der Waals surface area contributed by atoms with Crippen LogP contribution < -0.4 is 11.1 Å². The molecule has 0 saturated carbocycles. The number of anilines is 1. The minimum Gasteiger partial charge on any atom is -0.398 e. The summed E-state index contributed by atoms with van der Waals surface area (Å²) in [6.45, 7) is 4.03. The van der Waals surface area contributed by atoms with Gasteiger partial charge in [-0.2, -0.15) is 0 Å². The number of likely N-dealkylation sites (N-methyl/N-ethyl adjacent to an activating group) is 1. The highest BCUT2D eigenvalue weighted by atomic mass is 16.5. The first-order valence-corrected chi connectivity index (χ1v) is 7.33. The maximum Gasteiger partial charge on any atom is 0.0590 e. The van der Waals surface area contributed by atoms with Gasteiger partial charge in [0.25, 0.3) is 0 Å². The summed E-state index contributed by atoms with van der Waals surface area (Å²) in [5.41, 5.74) is 7.96. The van der Waals surface area contributed by atoms with Gasteiger partial charge in [0.1, 0.15) is 0 Å². The topological polar surface area (TPSA) is 60.2 Å². The molecule has 1 fully saturated rings. The number of hydrogen-bond acceptors (Lipinski definition) is 4. The molecule has 0 spiro atoms. The van der Waals surface area contributed by atoms with Crippen LogP contribution in [0.3, 0.4) is 0 Å².